The van der Waals surface area contributed by atoms with Crippen molar-refractivity contribution in [2.45, 2.75) is 31.1 Å². The molecule has 2 atom stereocenters. The van der Waals surface area contributed by atoms with E-state index in [0.29, 0.717) is 18.1 Å². The van der Waals surface area contributed by atoms with Gasteiger partial charge in [-0.05, 0) is 41.9 Å². The summed E-state index contributed by atoms with van der Waals surface area (Å²) in [6.45, 7) is 0. The van der Waals surface area contributed by atoms with E-state index in [9.17, 15) is 4.79 Å². The lowest BCUT2D eigenvalue weighted by Gasteiger charge is -2.21. The molecule has 2 fully saturated rings. The van der Waals surface area contributed by atoms with Gasteiger partial charge in [-0.15, -0.1) is 0 Å². The van der Waals surface area contributed by atoms with Gasteiger partial charge in [0.1, 0.15) is 5.78 Å². The summed E-state index contributed by atoms with van der Waals surface area (Å²) in [4.78, 5) is 11.3. The van der Waals surface area contributed by atoms with E-state index < -0.39 is 0 Å². The van der Waals surface area contributed by atoms with Crippen LogP contribution in [-0.4, -0.2) is 5.78 Å². The van der Waals surface area contributed by atoms with E-state index in [4.69, 9.17) is 5.26 Å². The second-order valence-electron chi connectivity index (χ2n) is 4.99. The average Bonchev–Trinajstić information content (AvgIpc) is 3.04. The molecule has 2 aliphatic rings. The Morgan fingerprint density at radius 1 is 1.44 bits per heavy atom. The Labute approximate surface area is 94.9 Å². The molecular weight excluding hydrogens is 198 g/mol. The smallest absolute Gasteiger partial charge is 0.133 e. The average molecular weight is 211 g/mol. The van der Waals surface area contributed by atoms with Crippen molar-refractivity contribution in [3.63, 3.8) is 0 Å². The van der Waals surface area contributed by atoms with E-state index in [0.717, 1.165) is 24.8 Å². The van der Waals surface area contributed by atoms with Crippen molar-refractivity contribution in [3.05, 3.63) is 35.4 Å². The minimum absolute atomic E-state index is 0.237. The first-order valence-corrected chi connectivity index (χ1v) is 5.77. The predicted octanol–water partition coefficient (Wildman–Crippen LogP) is 2.57. The fourth-order valence-corrected chi connectivity index (χ4v) is 3.09. The number of fused-ring (bicyclic) bond motifs is 1. The normalized spacial score (nSPS) is 31.7. The minimum Gasteiger partial charge on any atom is -0.300 e. The Bertz CT molecular complexity index is 500. The molecule has 0 spiro atoms. The molecular formula is C14H13NO. The van der Waals surface area contributed by atoms with Gasteiger partial charge >= 0.3 is 0 Å². The SMILES string of the molecule is N#Cc1cccc([C@]23CCC(=O)C[C@H]2C3)c1. The van der Waals surface area contributed by atoms with Crippen molar-refractivity contribution in [2.75, 3.05) is 0 Å². The zero-order valence-electron chi connectivity index (χ0n) is 9.07. The largest absolute Gasteiger partial charge is 0.300 e. The number of Topliss-reactive ketones (excluding diaryl/α,β-unsaturated/α-hetero) is 1. The van der Waals surface area contributed by atoms with Crippen molar-refractivity contribution in [3.8, 4) is 6.07 Å². The molecule has 2 heteroatoms. The van der Waals surface area contributed by atoms with Gasteiger partial charge in [-0.25, -0.2) is 0 Å². The molecule has 0 heterocycles. The number of nitrogens with zero attached hydrogens (tertiary/aromatic N) is 1. The Kier molecular flexibility index (Phi) is 1.91. The Hall–Kier alpha value is -1.62. The second kappa shape index (κ2) is 3.18. The maximum absolute atomic E-state index is 11.3. The van der Waals surface area contributed by atoms with Gasteiger partial charge in [0.25, 0.3) is 0 Å². The van der Waals surface area contributed by atoms with E-state index in [1.807, 2.05) is 18.2 Å². The topological polar surface area (TPSA) is 40.9 Å². The van der Waals surface area contributed by atoms with Crippen LogP contribution in [0.2, 0.25) is 0 Å². The third-order valence-electron chi connectivity index (χ3n) is 4.12. The van der Waals surface area contributed by atoms with Crippen LogP contribution in [0.1, 0.15) is 36.8 Å². The summed E-state index contributed by atoms with van der Waals surface area (Å²) in [6.07, 6.45) is 3.57. The zero-order valence-corrected chi connectivity index (χ0v) is 9.07. The number of rotatable bonds is 1. The van der Waals surface area contributed by atoms with Crippen molar-refractivity contribution in [1.29, 1.82) is 5.26 Å². The molecule has 0 N–H and O–H groups in total. The highest BCUT2D eigenvalue weighted by molar-refractivity contribution is 5.81. The van der Waals surface area contributed by atoms with Crippen LogP contribution in [0.3, 0.4) is 0 Å². The van der Waals surface area contributed by atoms with E-state index in [1.54, 1.807) is 0 Å². The summed E-state index contributed by atoms with van der Waals surface area (Å²) in [5.41, 5.74) is 2.24. The number of carbonyl (C=O) groups is 1. The van der Waals surface area contributed by atoms with Crippen molar-refractivity contribution >= 4 is 5.78 Å². The van der Waals surface area contributed by atoms with Gasteiger partial charge in [0.2, 0.25) is 0 Å². The highest BCUT2D eigenvalue weighted by atomic mass is 16.1. The fraction of sp³-hybridized carbons (Fsp3) is 0.429. The second-order valence-corrected chi connectivity index (χ2v) is 4.99. The molecule has 16 heavy (non-hydrogen) atoms. The molecule has 0 radical (unpaired) electrons. The zero-order chi connectivity index (χ0) is 11.2. The molecule has 0 unspecified atom stereocenters. The van der Waals surface area contributed by atoms with Gasteiger partial charge in [0, 0.05) is 12.8 Å². The van der Waals surface area contributed by atoms with Crippen LogP contribution in [0, 0.1) is 17.2 Å². The molecule has 3 rings (SSSR count). The van der Waals surface area contributed by atoms with Crippen LogP contribution in [0.25, 0.3) is 0 Å². The van der Waals surface area contributed by atoms with Crippen molar-refractivity contribution in [1.82, 2.24) is 0 Å². The molecule has 0 aromatic heterocycles. The molecule has 0 saturated heterocycles. The van der Waals surface area contributed by atoms with Crippen LogP contribution in [0.4, 0.5) is 0 Å². The van der Waals surface area contributed by atoms with Crippen LogP contribution in [0.5, 0.6) is 0 Å². The number of benzene rings is 1. The van der Waals surface area contributed by atoms with Gasteiger partial charge in [-0.2, -0.15) is 5.26 Å². The number of hydrogen-bond acceptors (Lipinski definition) is 2. The van der Waals surface area contributed by atoms with Crippen molar-refractivity contribution in [2.24, 2.45) is 5.92 Å². The molecule has 1 aromatic carbocycles. The highest BCUT2D eigenvalue weighted by Gasteiger charge is 2.57. The molecule has 0 aliphatic heterocycles. The molecule has 2 nitrogen and oxygen atoms in total. The number of hydrogen-bond donors (Lipinski definition) is 0. The Morgan fingerprint density at radius 2 is 2.31 bits per heavy atom. The van der Waals surface area contributed by atoms with Gasteiger partial charge in [-0.1, -0.05) is 12.1 Å². The fourth-order valence-electron chi connectivity index (χ4n) is 3.09. The summed E-state index contributed by atoms with van der Waals surface area (Å²) in [5.74, 6) is 0.956. The first-order chi connectivity index (χ1) is 7.74. The predicted molar refractivity (Wildman–Crippen MR) is 59.8 cm³/mol. The standard InChI is InChI=1S/C14H13NO/c15-9-10-2-1-3-11(6-10)14-5-4-13(16)7-12(14)8-14/h1-3,6,12H,4-5,7-8H2/t12-,14+/m0/s1. The van der Waals surface area contributed by atoms with Gasteiger partial charge in [0.15, 0.2) is 0 Å². The lowest BCUT2D eigenvalue weighted by molar-refractivity contribution is -0.120. The quantitative estimate of drug-likeness (QED) is 0.716. The monoisotopic (exact) mass is 211 g/mol. The first kappa shape index (κ1) is 9.59. The van der Waals surface area contributed by atoms with E-state index >= 15 is 0 Å². The number of carbonyl (C=O) groups excluding carboxylic acids is 1. The van der Waals surface area contributed by atoms with Crippen LogP contribution in [-0.2, 0) is 10.2 Å². The Morgan fingerprint density at radius 3 is 3.06 bits per heavy atom. The lowest BCUT2D eigenvalue weighted by atomic mass is 9.82. The Balaban J connectivity index is 1.94. The van der Waals surface area contributed by atoms with Crippen molar-refractivity contribution < 1.29 is 4.79 Å². The van der Waals surface area contributed by atoms with Crippen LogP contribution >= 0.6 is 0 Å². The van der Waals surface area contributed by atoms with Gasteiger partial charge < -0.3 is 0 Å². The van der Waals surface area contributed by atoms with E-state index in [2.05, 4.69) is 12.1 Å². The summed E-state index contributed by atoms with van der Waals surface area (Å²) >= 11 is 0. The molecule has 0 bridgehead atoms. The van der Waals surface area contributed by atoms with Gasteiger partial charge in [0.05, 0.1) is 11.6 Å². The minimum atomic E-state index is 0.237. The number of ketones is 1. The maximum atomic E-state index is 11.3. The van der Waals surface area contributed by atoms with E-state index in [1.165, 1.54) is 5.56 Å². The van der Waals surface area contributed by atoms with Gasteiger partial charge in [-0.3, -0.25) is 4.79 Å². The first-order valence-electron chi connectivity index (χ1n) is 5.77. The van der Waals surface area contributed by atoms with E-state index in [-0.39, 0.29) is 5.41 Å². The highest BCUT2D eigenvalue weighted by Crippen LogP contribution is 2.61. The summed E-state index contributed by atoms with van der Waals surface area (Å²) in [5, 5.41) is 8.90. The summed E-state index contributed by atoms with van der Waals surface area (Å²) < 4.78 is 0. The summed E-state index contributed by atoms with van der Waals surface area (Å²) in [6, 6.07) is 10.1. The van der Waals surface area contributed by atoms with Crippen LogP contribution < -0.4 is 0 Å². The third kappa shape index (κ3) is 1.28. The molecule has 1 aromatic rings. The number of nitriles is 1. The lowest BCUT2D eigenvalue weighted by Crippen LogP contribution is -2.19. The third-order valence-corrected chi connectivity index (χ3v) is 4.12. The maximum Gasteiger partial charge on any atom is 0.133 e. The molecule has 80 valence electrons. The molecule has 0 amide bonds. The summed E-state index contributed by atoms with van der Waals surface area (Å²) in [7, 11) is 0. The molecule has 2 aliphatic carbocycles. The molecule has 2 saturated carbocycles. The van der Waals surface area contributed by atoms with Crippen LogP contribution in [0.15, 0.2) is 24.3 Å².